The van der Waals surface area contributed by atoms with Crippen molar-refractivity contribution >= 4 is 22.2 Å². The van der Waals surface area contributed by atoms with E-state index in [0.29, 0.717) is 0 Å². The van der Waals surface area contributed by atoms with Gasteiger partial charge in [-0.3, -0.25) is 15.0 Å². The maximum Gasteiger partial charge on any atom is 0.248 e. The molecule has 0 saturated carbocycles. The van der Waals surface area contributed by atoms with Gasteiger partial charge in [0.1, 0.15) is 11.3 Å². The first-order valence-electron chi connectivity index (χ1n) is 9.94. The molecule has 1 aliphatic heterocycles. The molecule has 0 fully saturated rings. The molecule has 5 heteroatoms. The van der Waals surface area contributed by atoms with Crippen LogP contribution in [0, 0.1) is 10.1 Å². The van der Waals surface area contributed by atoms with Crippen LogP contribution < -0.4 is 0 Å². The zero-order valence-electron chi connectivity index (χ0n) is 17.0. The highest BCUT2D eigenvalue weighted by atomic mass is 32.2. The molecule has 1 aliphatic rings. The first-order chi connectivity index (χ1) is 14.6. The average Bonchev–Trinajstić information content (AvgIpc) is 2.79. The predicted molar refractivity (Wildman–Crippen MR) is 125 cm³/mol. The van der Waals surface area contributed by atoms with E-state index in [-0.39, 0.29) is 16.2 Å². The van der Waals surface area contributed by atoms with Gasteiger partial charge in [0.2, 0.25) is 6.04 Å². The fraction of sp³-hybridized carbons (Fsp3) is 0.200. The number of rotatable bonds is 5. The molecular formula is C25H24N2O2S. The average molecular weight is 417 g/mol. The van der Waals surface area contributed by atoms with Crippen LogP contribution in [0.5, 0.6) is 0 Å². The summed E-state index contributed by atoms with van der Waals surface area (Å²) in [5, 5.41) is 12.1. The van der Waals surface area contributed by atoms with Crippen molar-refractivity contribution in [2.24, 2.45) is 0 Å². The van der Waals surface area contributed by atoms with Gasteiger partial charge in [-0.25, -0.2) is 0 Å². The molecule has 0 radical (unpaired) electrons. The smallest absolute Gasteiger partial charge is 0.248 e. The van der Waals surface area contributed by atoms with Gasteiger partial charge in [0.25, 0.3) is 0 Å². The van der Waals surface area contributed by atoms with Gasteiger partial charge in [0.05, 0.1) is 0 Å². The molecule has 0 bridgehead atoms. The Morgan fingerprint density at radius 2 is 1.30 bits per heavy atom. The van der Waals surface area contributed by atoms with Crippen LogP contribution in [0.3, 0.4) is 0 Å². The summed E-state index contributed by atoms with van der Waals surface area (Å²) in [4.78, 5) is 15.4. The van der Waals surface area contributed by atoms with E-state index < -0.39 is 6.04 Å². The van der Waals surface area contributed by atoms with E-state index >= 15 is 0 Å². The number of nitro groups is 1. The standard InChI is InChI=1S/C25H24N2O2S/c1-26(2)22-21(18-12-6-3-7-13-18)24(19-14-8-4-9-15-19)30-25(23(22)27(28)29)20-16-10-5-11-17-20/h3-17,22-23,25H,1-2H3/t22-,23+,25+/m0/s1. The zero-order valence-corrected chi connectivity index (χ0v) is 17.8. The third-order valence-corrected chi connectivity index (χ3v) is 6.96. The largest absolute Gasteiger partial charge is 0.296 e. The Hall–Kier alpha value is -2.89. The Kier molecular flexibility index (Phi) is 6.02. The summed E-state index contributed by atoms with van der Waals surface area (Å²) in [5.74, 6) is 0. The molecule has 4 rings (SSSR count). The van der Waals surface area contributed by atoms with E-state index in [1.165, 1.54) is 0 Å². The molecule has 152 valence electrons. The molecule has 3 aromatic carbocycles. The van der Waals surface area contributed by atoms with Crippen molar-refractivity contribution in [3.05, 3.63) is 118 Å². The van der Waals surface area contributed by atoms with Crippen molar-refractivity contribution in [2.75, 3.05) is 14.1 Å². The molecule has 3 aromatic rings. The molecule has 0 aromatic heterocycles. The fourth-order valence-corrected chi connectivity index (χ4v) is 5.73. The minimum absolute atomic E-state index is 0.0972. The van der Waals surface area contributed by atoms with Crippen molar-refractivity contribution in [3.8, 4) is 0 Å². The van der Waals surface area contributed by atoms with Crippen molar-refractivity contribution < 1.29 is 4.92 Å². The molecule has 0 N–H and O–H groups in total. The van der Waals surface area contributed by atoms with Crippen LogP contribution in [0.4, 0.5) is 0 Å². The summed E-state index contributed by atoms with van der Waals surface area (Å²) >= 11 is 1.61. The van der Waals surface area contributed by atoms with E-state index in [4.69, 9.17) is 0 Å². The van der Waals surface area contributed by atoms with Gasteiger partial charge < -0.3 is 0 Å². The molecule has 0 amide bonds. The second kappa shape index (κ2) is 8.86. The topological polar surface area (TPSA) is 46.4 Å². The lowest BCUT2D eigenvalue weighted by Gasteiger charge is -2.39. The van der Waals surface area contributed by atoms with Gasteiger partial charge in [-0.1, -0.05) is 91.0 Å². The Morgan fingerprint density at radius 3 is 1.80 bits per heavy atom. The van der Waals surface area contributed by atoms with Gasteiger partial charge in [0.15, 0.2) is 0 Å². The minimum Gasteiger partial charge on any atom is -0.296 e. The van der Waals surface area contributed by atoms with E-state index in [1.54, 1.807) is 11.8 Å². The second-order valence-corrected chi connectivity index (χ2v) is 8.76. The lowest BCUT2D eigenvalue weighted by atomic mass is 9.86. The summed E-state index contributed by atoms with van der Waals surface area (Å²) in [6.45, 7) is 0. The van der Waals surface area contributed by atoms with E-state index in [1.807, 2.05) is 85.7 Å². The van der Waals surface area contributed by atoms with Crippen molar-refractivity contribution in [2.45, 2.75) is 17.3 Å². The summed E-state index contributed by atoms with van der Waals surface area (Å²) in [7, 11) is 3.87. The first kappa shape index (κ1) is 20.4. The summed E-state index contributed by atoms with van der Waals surface area (Å²) < 4.78 is 0. The Labute approximate surface area is 181 Å². The van der Waals surface area contributed by atoms with Gasteiger partial charge >= 0.3 is 0 Å². The number of hydrogen-bond acceptors (Lipinski definition) is 4. The lowest BCUT2D eigenvalue weighted by molar-refractivity contribution is -0.527. The van der Waals surface area contributed by atoms with Crippen molar-refractivity contribution in [1.82, 2.24) is 4.90 Å². The zero-order chi connectivity index (χ0) is 21.1. The highest BCUT2D eigenvalue weighted by molar-refractivity contribution is 8.08. The number of hydrogen-bond donors (Lipinski definition) is 0. The van der Waals surface area contributed by atoms with Crippen LogP contribution in [0.15, 0.2) is 91.0 Å². The molecule has 0 aliphatic carbocycles. The highest BCUT2D eigenvalue weighted by Crippen LogP contribution is 2.53. The van der Waals surface area contributed by atoms with Crippen LogP contribution in [0.25, 0.3) is 10.5 Å². The van der Waals surface area contributed by atoms with Crippen LogP contribution >= 0.6 is 11.8 Å². The number of benzene rings is 3. The fourth-order valence-electron chi connectivity index (χ4n) is 4.16. The van der Waals surface area contributed by atoms with E-state index in [9.17, 15) is 10.1 Å². The van der Waals surface area contributed by atoms with Crippen molar-refractivity contribution in [3.63, 3.8) is 0 Å². The quantitative estimate of drug-likeness (QED) is 0.400. The Morgan fingerprint density at radius 1 is 0.800 bits per heavy atom. The lowest BCUT2D eigenvalue weighted by Crippen LogP contribution is -2.48. The monoisotopic (exact) mass is 416 g/mol. The summed E-state index contributed by atoms with van der Waals surface area (Å²) in [6, 6.07) is 29.0. The third kappa shape index (κ3) is 3.91. The molecule has 4 nitrogen and oxygen atoms in total. The maximum atomic E-state index is 12.4. The minimum atomic E-state index is -0.768. The van der Waals surface area contributed by atoms with Gasteiger partial charge in [0, 0.05) is 9.83 Å². The number of thioether (sulfide) groups is 1. The Balaban J connectivity index is 1.99. The predicted octanol–water partition coefficient (Wildman–Crippen LogP) is 5.62. The van der Waals surface area contributed by atoms with Gasteiger partial charge in [-0.15, -0.1) is 11.8 Å². The van der Waals surface area contributed by atoms with Crippen LogP contribution in [-0.2, 0) is 0 Å². The SMILES string of the molecule is CN(C)[C@H]1C(c2ccccc2)=C(c2ccccc2)S[C@H](c2ccccc2)[C@@H]1[N+](=O)[O-]. The highest BCUT2D eigenvalue weighted by Gasteiger charge is 2.49. The molecule has 0 unspecified atom stereocenters. The molecular weight excluding hydrogens is 392 g/mol. The van der Waals surface area contributed by atoms with E-state index in [2.05, 4.69) is 24.3 Å². The normalized spacial score (nSPS) is 21.6. The van der Waals surface area contributed by atoms with Crippen LogP contribution in [0.1, 0.15) is 21.9 Å². The molecule has 0 spiro atoms. The molecule has 3 atom stereocenters. The van der Waals surface area contributed by atoms with Gasteiger partial charge in [-0.05, 0) is 36.4 Å². The molecule has 1 heterocycles. The molecule has 0 saturated heterocycles. The third-order valence-electron chi connectivity index (χ3n) is 5.47. The molecule has 30 heavy (non-hydrogen) atoms. The summed E-state index contributed by atoms with van der Waals surface area (Å²) in [6.07, 6.45) is 0. The first-order valence-corrected chi connectivity index (χ1v) is 10.8. The van der Waals surface area contributed by atoms with Crippen molar-refractivity contribution in [1.29, 1.82) is 0 Å². The maximum absolute atomic E-state index is 12.4. The Bertz CT molecular complexity index is 1040. The summed E-state index contributed by atoms with van der Waals surface area (Å²) in [5.41, 5.74) is 4.12. The number of nitrogens with zero attached hydrogens (tertiary/aromatic N) is 2. The second-order valence-electron chi connectivity index (χ2n) is 7.61. The van der Waals surface area contributed by atoms with Crippen LogP contribution in [0.2, 0.25) is 0 Å². The number of likely N-dealkylation sites (N-methyl/N-ethyl adjacent to an activating group) is 1. The van der Waals surface area contributed by atoms with Gasteiger partial charge in [-0.2, -0.15) is 0 Å². The van der Waals surface area contributed by atoms with Crippen LogP contribution in [-0.4, -0.2) is 36.0 Å². The van der Waals surface area contributed by atoms with E-state index in [0.717, 1.165) is 27.2 Å².